The molecule has 0 atom stereocenters. The molecular formula is C10H11IN2O3. The van der Waals surface area contributed by atoms with Crippen molar-refractivity contribution in [2.24, 2.45) is 0 Å². The van der Waals surface area contributed by atoms with Gasteiger partial charge in [-0.15, -0.1) is 0 Å². The smallest absolute Gasteiger partial charge is 0.237 e. The van der Waals surface area contributed by atoms with Gasteiger partial charge in [0.05, 0.1) is 16.4 Å². The Hall–Kier alpha value is -1.05. The van der Waals surface area contributed by atoms with Gasteiger partial charge in [0.15, 0.2) is 12.0 Å². The van der Waals surface area contributed by atoms with Crippen molar-refractivity contribution >= 4 is 28.9 Å². The lowest BCUT2D eigenvalue weighted by molar-refractivity contribution is 0.111. The lowest BCUT2D eigenvalue weighted by Gasteiger charge is -2.20. The number of aromatic nitrogens is 1. The van der Waals surface area contributed by atoms with Gasteiger partial charge in [0.25, 0.3) is 0 Å². The molecule has 0 aliphatic carbocycles. The van der Waals surface area contributed by atoms with Crippen LogP contribution in [0.3, 0.4) is 0 Å². The fourth-order valence-corrected chi connectivity index (χ4v) is 2.70. The molecule has 16 heavy (non-hydrogen) atoms. The first kappa shape index (κ1) is 11.4. The number of aldehydes is 1. The van der Waals surface area contributed by atoms with E-state index >= 15 is 0 Å². The molecule has 86 valence electrons. The lowest BCUT2D eigenvalue weighted by atomic mass is 10.2. The summed E-state index contributed by atoms with van der Waals surface area (Å²) in [7, 11) is 3.28. The van der Waals surface area contributed by atoms with Crippen molar-refractivity contribution in [3.8, 4) is 5.75 Å². The first-order valence-corrected chi connectivity index (χ1v) is 5.87. The van der Waals surface area contributed by atoms with E-state index in [-0.39, 0.29) is 11.2 Å². The van der Waals surface area contributed by atoms with Crippen LogP contribution < -0.4 is 15.2 Å². The van der Waals surface area contributed by atoms with Gasteiger partial charge in [-0.3, -0.25) is 14.3 Å². The molecule has 0 bridgehead atoms. The maximum absolute atomic E-state index is 11.9. The zero-order chi connectivity index (χ0) is 11.9. The van der Waals surface area contributed by atoms with Crippen molar-refractivity contribution in [2.45, 2.75) is 6.42 Å². The molecule has 0 radical (unpaired) electrons. The van der Waals surface area contributed by atoms with Gasteiger partial charge in [-0.25, -0.2) is 0 Å². The van der Waals surface area contributed by atoms with Crippen LogP contribution in [-0.2, 0) is 6.42 Å². The second-order valence-corrected chi connectivity index (χ2v) is 4.65. The molecule has 0 aromatic carbocycles. The maximum Gasteiger partial charge on any atom is 0.237 e. The topological polar surface area (TPSA) is 51.5 Å². The molecule has 1 aromatic rings. The number of ether oxygens (including phenoxy) is 1. The van der Waals surface area contributed by atoms with E-state index in [1.165, 1.54) is 7.11 Å². The molecule has 0 N–H and O–H groups in total. The second kappa shape index (κ2) is 4.08. The Balaban J connectivity index is 2.86. The normalized spacial score (nSPS) is 13.8. The number of hydrogen-bond acceptors (Lipinski definition) is 4. The second-order valence-electron chi connectivity index (χ2n) is 3.57. The van der Waals surface area contributed by atoms with E-state index < -0.39 is 0 Å². The molecule has 1 aliphatic heterocycles. The lowest BCUT2D eigenvalue weighted by Crippen LogP contribution is -2.31. The van der Waals surface area contributed by atoms with Crippen LogP contribution in [0.2, 0.25) is 0 Å². The highest BCUT2D eigenvalue weighted by Gasteiger charge is 2.26. The Bertz CT molecular complexity index is 510. The van der Waals surface area contributed by atoms with Crippen molar-refractivity contribution < 1.29 is 9.53 Å². The third-order valence-electron chi connectivity index (χ3n) is 2.70. The van der Waals surface area contributed by atoms with Gasteiger partial charge in [-0.05, 0) is 22.6 Å². The average Bonchev–Trinajstić information content (AvgIpc) is 2.66. The fraction of sp³-hybridized carbons (Fsp3) is 0.400. The van der Waals surface area contributed by atoms with E-state index in [0.29, 0.717) is 15.6 Å². The summed E-state index contributed by atoms with van der Waals surface area (Å²) in [6, 6.07) is 0. The van der Waals surface area contributed by atoms with Crippen molar-refractivity contribution in [2.75, 3.05) is 25.7 Å². The molecule has 2 heterocycles. The number of nitrogens with zero attached hydrogens (tertiary/aromatic N) is 2. The van der Waals surface area contributed by atoms with Crippen LogP contribution >= 0.6 is 22.6 Å². The van der Waals surface area contributed by atoms with E-state index in [9.17, 15) is 9.59 Å². The minimum Gasteiger partial charge on any atom is -0.491 e. The van der Waals surface area contributed by atoms with E-state index in [4.69, 9.17) is 4.74 Å². The number of rotatable bonds is 2. The molecule has 6 heteroatoms. The minimum atomic E-state index is -0.202. The van der Waals surface area contributed by atoms with Crippen LogP contribution in [0.15, 0.2) is 4.79 Å². The van der Waals surface area contributed by atoms with Gasteiger partial charge in [0.2, 0.25) is 5.43 Å². The van der Waals surface area contributed by atoms with E-state index in [0.717, 1.165) is 18.7 Å². The number of halogens is 1. The third-order valence-corrected chi connectivity index (χ3v) is 3.82. The standard InChI is InChI=1S/C10H11IN2O3/c1-12-4-3-6-8(11)9(15)10(16-2)7(5-14)13(6)12/h5H,3-4H2,1-2H3. The minimum absolute atomic E-state index is 0.122. The summed E-state index contributed by atoms with van der Waals surface area (Å²) in [6.07, 6.45) is 1.44. The summed E-state index contributed by atoms with van der Waals surface area (Å²) in [5.74, 6) is 0.122. The monoisotopic (exact) mass is 334 g/mol. The molecule has 5 nitrogen and oxygen atoms in total. The largest absolute Gasteiger partial charge is 0.491 e. The Labute approximate surface area is 106 Å². The Morgan fingerprint density at radius 3 is 2.75 bits per heavy atom. The van der Waals surface area contributed by atoms with Crippen LogP contribution in [0, 0.1) is 3.57 Å². The van der Waals surface area contributed by atoms with Crippen LogP contribution in [0.4, 0.5) is 0 Å². The highest BCUT2D eigenvalue weighted by atomic mass is 127. The highest BCUT2D eigenvalue weighted by molar-refractivity contribution is 14.1. The maximum atomic E-state index is 11.9. The van der Waals surface area contributed by atoms with Gasteiger partial charge >= 0.3 is 0 Å². The number of fused-ring (bicyclic) bond motifs is 1. The summed E-state index contributed by atoms with van der Waals surface area (Å²) < 4.78 is 7.41. The van der Waals surface area contributed by atoms with E-state index in [2.05, 4.69) is 0 Å². The van der Waals surface area contributed by atoms with Gasteiger partial charge < -0.3 is 9.75 Å². The van der Waals surface area contributed by atoms with Crippen molar-refractivity contribution in [1.82, 2.24) is 4.68 Å². The first-order valence-electron chi connectivity index (χ1n) is 4.79. The van der Waals surface area contributed by atoms with Crippen LogP contribution in [0.1, 0.15) is 16.2 Å². The SMILES string of the molecule is COc1c(C=O)n2c(c(I)c1=O)CCN2C. The molecule has 1 aliphatic rings. The quantitative estimate of drug-likeness (QED) is 0.580. The van der Waals surface area contributed by atoms with Gasteiger partial charge in [0.1, 0.15) is 5.69 Å². The predicted molar refractivity (Wildman–Crippen MR) is 68.1 cm³/mol. The number of carbonyl (C=O) groups is 1. The molecule has 0 saturated heterocycles. The average molecular weight is 334 g/mol. The van der Waals surface area contributed by atoms with Crippen molar-refractivity contribution in [3.63, 3.8) is 0 Å². The molecule has 2 rings (SSSR count). The summed E-state index contributed by atoms with van der Waals surface area (Å²) in [6.45, 7) is 0.795. The molecular weight excluding hydrogens is 323 g/mol. The number of likely N-dealkylation sites (N-methyl/N-ethyl adjacent to an activating group) is 1. The Kier molecular flexibility index (Phi) is 2.92. The molecule has 0 unspecified atom stereocenters. The van der Waals surface area contributed by atoms with Gasteiger partial charge in [-0.2, -0.15) is 0 Å². The summed E-state index contributed by atoms with van der Waals surface area (Å²) in [4.78, 5) is 23.0. The number of carbonyl (C=O) groups excluding carboxylic acids is 1. The number of hydrogen-bond donors (Lipinski definition) is 0. The van der Waals surface area contributed by atoms with E-state index in [1.54, 1.807) is 4.68 Å². The first-order chi connectivity index (χ1) is 7.61. The highest BCUT2D eigenvalue weighted by Crippen LogP contribution is 2.22. The zero-order valence-electron chi connectivity index (χ0n) is 8.99. The predicted octanol–water partition coefficient (Wildman–Crippen LogP) is 0.398. The summed E-state index contributed by atoms with van der Waals surface area (Å²) in [5.41, 5.74) is 0.977. The van der Waals surface area contributed by atoms with E-state index in [1.807, 2.05) is 34.6 Å². The summed E-state index contributed by atoms with van der Waals surface area (Å²) >= 11 is 2.01. The zero-order valence-corrected chi connectivity index (χ0v) is 11.1. The summed E-state index contributed by atoms with van der Waals surface area (Å²) in [5, 5.41) is 1.91. The molecule has 1 aromatic heterocycles. The van der Waals surface area contributed by atoms with Crippen molar-refractivity contribution in [3.05, 3.63) is 25.2 Å². The van der Waals surface area contributed by atoms with Gasteiger partial charge in [-0.1, -0.05) is 0 Å². The van der Waals surface area contributed by atoms with Crippen molar-refractivity contribution in [1.29, 1.82) is 0 Å². The molecule has 0 saturated carbocycles. The molecule has 0 spiro atoms. The molecule has 0 fully saturated rings. The van der Waals surface area contributed by atoms with Gasteiger partial charge in [0, 0.05) is 20.0 Å². The number of methoxy groups -OCH3 is 1. The number of pyridine rings is 1. The van der Waals surface area contributed by atoms with Crippen LogP contribution in [0.25, 0.3) is 0 Å². The fourth-order valence-electron chi connectivity index (χ4n) is 1.96. The van der Waals surface area contributed by atoms with Crippen LogP contribution in [0.5, 0.6) is 5.75 Å². The van der Waals surface area contributed by atoms with Crippen LogP contribution in [-0.4, -0.2) is 31.7 Å². The Morgan fingerprint density at radius 1 is 1.50 bits per heavy atom. The Morgan fingerprint density at radius 2 is 2.19 bits per heavy atom. The molecule has 0 amide bonds. The third kappa shape index (κ3) is 1.43.